The molecule has 0 aliphatic carbocycles. The molecule has 1 N–H and O–H groups in total. The van der Waals surface area contributed by atoms with E-state index in [1.807, 2.05) is 24.3 Å². The molecule has 1 aromatic heterocycles. The Bertz CT molecular complexity index is 558. The summed E-state index contributed by atoms with van der Waals surface area (Å²) in [7, 11) is 0. The molecule has 1 heterocycles. The first kappa shape index (κ1) is 14.1. The van der Waals surface area contributed by atoms with Crippen LogP contribution in [-0.2, 0) is 12.8 Å². The molecule has 0 saturated carbocycles. The minimum atomic E-state index is -0.327. The SMILES string of the molecule is O=[N+]([O-])c1ccccc1CCNCCc1ccncc1. The third-order valence-electron chi connectivity index (χ3n) is 3.10. The van der Waals surface area contributed by atoms with E-state index in [0.717, 1.165) is 25.1 Å². The summed E-state index contributed by atoms with van der Waals surface area (Å²) >= 11 is 0. The Morgan fingerprint density at radius 1 is 1.05 bits per heavy atom. The molecule has 0 bridgehead atoms. The zero-order valence-electron chi connectivity index (χ0n) is 11.2. The number of para-hydroxylation sites is 1. The van der Waals surface area contributed by atoms with E-state index in [4.69, 9.17) is 0 Å². The van der Waals surface area contributed by atoms with Gasteiger partial charge in [-0.15, -0.1) is 0 Å². The maximum atomic E-state index is 10.9. The van der Waals surface area contributed by atoms with Crippen molar-refractivity contribution in [1.29, 1.82) is 0 Å². The number of pyridine rings is 1. The average molecular weight is 271 g/mol. The minimum Gasteiger partial charge on any atom is -0.316 e. The van der Waals surface area contributed by atoms with E-state index in [1.165, 1.54) is 5.56 Å². The lowest BCUT2D eigenvalue weighted by Gasteiger charge is -2.05. The summed E-state index contributed by atoms with van der Waals surface area (Å²) in [5.74, 6) is 0. The Labute approximate surface area is 117 Å². The van der Waals surface area contributed by atoms with Gasteiger partial charge in [0, 0.05) is 24.0 Å². The van der Waals surface area contributed by atoms with Crippen molar-refractivity contribution in [1.82, 2.24) is 10.3 Å². The van der Waals surface area contributed by atoms with Crippen LogP contribution in [-0.4, -0.2) is 23.0 Å². The highest BCUT2D eigenvalue weighted by atomic mass is 16.6. The molecule has 104 valence electrons. The Morgan fingerprint density at radius 2 is 1.75 bits per heavy atom. The van der Waals surface area contributed by atoms with Crippen LogP contribution in [0.5, 0.6) is 0 Å². The van der Waals surface area contributed by atoms with Crippen molar-refractivity contribution in [2.75, 3.05) is 13.1 Å². The van der Waals surface area contributed by atoms with Crippen molar-refractivity contribution in [2.24, 2.45) is 0 Å². The van der Waals surface area contributed by atoms with Gasteiger partial charge in [0.05, 0.1) is 4.92 Å². The summed E-state index contributed by atoms with van der Waals surface area (Å²) in [5, 5.41) is 14.2. The largest absolute Gasteiger partial charge is 0.316 e. The van der Waals surface area contributed by atoms with Crippen LogP contribution in [0.15, 0.2) is 48.8 Å². The molecule has 0 radical (unpaired) electrons. The van der Waals surface area contributed by atoms with Gasteiger partial charge in [-0.05, 0) is 43.6 Å². The highest BCUT2D eigenvalue weighted by Crippen LogP contribution is 2.17. The van der Waals surface area contributed by atoms with Crippen molar-refractivity contribution < 1.29 is 4.92 Å². The molecular weight excluding hydrogens is 254 g/mol. The zero-order valence-corrected chi connectivity index (χ0v) is 11.2. The molecule has 0 saturated heterocycles. The lowest BCUT2D eigenvalue weighted by atomic mass is 10.1. The average Bonchev–Trinajstić information content (AvgIpc) is 2.48. The molecular formula is C15H17N3O2. The number of nitro benzene ring substituents is 1. The smallest absolute Gasteiger partial charge is 0.272 e. The van der Waals surface area contributed by atoms with Gasteiger partial charge in [-0.1, -0.05) is 18.2 Å². The topological polar surface area (TPSA) is 68.1 Å². The number of benzene rings is 1. The van der Waals surface area contributed by atoms with Crippen LogP contribution in [0.25, 0.3) is 0 Å². The first-order valence-corrected chi connectivity index (χ1v) is 6.59. The lowest BCUT2D eigenvalue weighted by Crippen LogP contribution is -2.20. The molecule has 0 spiro atoms. The third-order valence-corrected chi connectivity index (χ3v) is 3.10. The van der Waals surface area contributed by atoms with Gasteiger partial charge >= 0.3 is 0 Å². The molecule has 0 fully saturated rings. The summed E-state index contributed by atoms with van der Waals surface area (Å²) in [6, 6.07) is 10.9. The molecule has 20 heavy (non-hydrogen) atoms. The van der Waals surface area contributed by atoms with Crippen molar-refractivity contribution in [2.45, 2.75) is 12.8 Å². The van der Waals surface area contributed by atoms with E-state index >= 15 is 0 Å². The van der Waals surface area contributed by atoms with Gasteiger partial charge in [0.25, 0.3) is 5.69 Å². The zero-order chi connectivity index (χ0) is 14.2. The predicted molar refractivity (Wildman–Crippen MR) is 77.6 cm³/mol. The van der Waals surface area contributed by atoms with Crippen molar-refractivity contribution in [3.8, 4) is 0 Å². The molecule has 0 aliphatic rings. The van der Waals surface area contributed by atoms with E-state index in [2.05, 4.69) is 10.3 Å². The summed E-state index contributed by atoms with van der Waals surface area (Å²) in [5.41, 5.74) is 2.20. The fourth-order valence-corrected chi connectivity index (χ4v) is 2.03. The minimum absolute atomic E-state index is 0.198. The van der Waals surface area contributed by atoms with Crippen molar-refractivity contribution in [3.05, 3.63) is 70.0 Å². The number of nitrogens with zero attached hydrogens (tertiary/aromatic N) is 2. The highest BCUT2D eigenvalue weighted by Gasteiger charge is 2.11. The molecule has 0 amide bonds. The second-order valence-corrected chi connectivity index (χ2v) is 4.49. The van der Waals surface area contributed by atoms with Crippen LogP contribution in [0, 0.1) is 10.1 Å². The van der Waals surface area contributed by atoms with E-state index in [1.54, 1.807) is 24.5 Å². The fraction of sp³-hybridized carbons (Fsp3) is 0.267. The van der Waals surface area contributed by atoms with Crippen LogP contribution in [0.4, 0.5) is 5.69 Å². The molecule has 2 aromatic rings. The maximum Gasteiger partial charge on any atom is 0.272 e. The monoisotopic (exact) mass is 271 g/mol. The summed E-state index contributed by atoms with van der Waals surface area (Å²) < 4.78 is 0. The Morgan fingerprint density at radius 3 is 2.50 bits per heavy atom. The Balaban J connectivity index is 1.75. The van der Waals surface area contributed by atoms with E-state index in [9.17, 15) is 10.1 Å². The number of aromatic nitrogens is 1. The van der Waals surface area contributed by atoms with E-state index in [0.29, 0.717) is 6.42 Å². The quantitative estimate of drug-likeness (QED) is 0.477. The summed E-state index contributed by atoms with van der Waals surface area (Å²) in [6.45, 7) is 1.58. The van der Waals surface area contributed by atoms with E-state index < -0.39 is 0 Å². The van der Waals surface area contributed by atoms with Gasteiger partial charge in [0.15, 0.2) is 0 Å². The second kappa shape index (κ2) is 7.35. The number of hydrogen-bond acceptors (Lipinski definition) is 4. The second-order valence-electron chi connectivity index (χ2n) is 4.49. The van der Waals surface area contributed by atoms with Crippen LogP contribution in [0.2, 0.25) is 0 Å². The molecule has 0 aliphatic heterocycles. The van der Waals surface area contributed by atoms with Gasteiger partial charge in [-0.25, -0.2) is 0 Å². The first-order chi connectivity index (χ1) is 9.77. The number of rotatable bonds is 7. The number of hydrogen-bond donors (Lipinski definition) is 1. The lowest BCUT2D eigenvalue weighted by molar-refractivity contribution is -0.385. The normalized spacial score (nSPS) is 10.4. The molecule has 0 unspecified atom stereocenters. The van der Waals surface area contributed by atoms with Gasteiger partial charge in [-0.2, -0.15) is 0 Å². The Kier molecular flexibility index (Phi) is 5.20. The molecule has 1 aromatic carbocycles. The summed E-state index contributed by atoms with van der Waals surface area (Å²) in [4.78, 5) is 14.5. The van der Waals surface area contributed by atoms with Crippen LogP contribution >= 0.6 is 0 Å². The van der Waals surface area contributed by atoms with Gasteiger partial charge in [0.2, 0.25) is 0 Å². The predicted octanol–water partition coefficient (Wildman–Crippen LogP) is 2.36. The van der Waals surface area contributed by atoms with Crippen molar-refractivity contribution >= 4 is 5.69 Å². The number of nitrogens with one attached hydrogen (secondary N) is 1. The molecule has 5 heteroatoms. The third kappa shape index (κ3) is 4.13. The van der Waals surface area contributed by atoms with Gasteiger partial charge in [0.1, 0.15) is 0 Å². The van der Waals surface area contributed by atoms with Crippen LogP contribution in [0.3, 0.4) is 0 Å². The fourth-order valence-electron chi connectivity index (χ4n) is 2.03. The molecule has 2 rings (SSSR count). The standard InChI is InChI=1S/C15H17N3O2/c19-18(20)15-4-2-1-3-14(15)8-12-17-11-7-13-5-9-16-10-6-13/h1-6,9-10,17H,7-8,11-12H2. The van der Waals surface area contributed by atoms with Crippen LogP contribution in [0.1, 0.15) is 11.1 Å². The van der Waals surface area contributed by atoms with Gasteiger partial charge < -0.3 is 5.32 Å². The Hall–Kier alpha value is -2.27. The number of nitro groups is 1. The maximum absolute atomic E-state index is 10.9. The van der Waals surface area contributed by atoms with E-state index in [-0.39, 0.29) is 10.6 Å². The van der Waals surface area contributed by atoms with Crippen LogP contribution < -0.4 is 5.32 Å². The molecule has 0 atom stereocenters. The first-order valence-electron chi connectivity index (χ1n) is 6.59. The van der Waals surface area contributed by atoms with Crippen molar-refractivity contribution in [3.63, 3.8) is 0 Å². The highest BCUT2D eigenvalue weighted by molar-refractivity contribution is 5.39. The molecule has 5 nitrogen and oxygen atoms in total. The van der Waals surface area contributed by atoms with Gasteiger partial charge in [-0.3, -0.25) is 15.1 Å². The summed E-state index contributed by atoms with van der Waals surface area (Å²) in [6.07, 6.45) is 5.15.